The summed E-state index contributed by atoms with van der Waals surface area (Å²) in [6, 6.07) is 3.29. The number of pyridine rings is 1. The van der Waals surface area contributed by atoms with Crippen LogP contribution in [0.5, 0.6) is 0 Å². The third-order valence-corrected chi connectivity index (χ3v) is 4.92. The van der Waals surface area contributed by atoms with Gasteiger partial charge in [0.1, 0.15) is 0 Å². The van der Waals surface area contributed by atoms with Gasteiger partial charge in [-0.3, -0.25) is 4.98 Å². The summed E-state index contributed by atoms with van der Waals surface area (Å²) in [6.45, 7) is 3.62. The lowest BCUT2D eigenvalue weighted by molar-refractivity contribution is 0.195. The van der Waals surface area contributed by atoms with E-state index in [4.69, 9.17) is 0 Å². The Bertz CT molecular complexity index is 531. The molecular formula is C13H21N3O3S. The molecule has 1 N–H and O–H groups in total. The number of amides is 2. The smallest absolute Gasteiger partial charge is 0.317 e. The van der Waals surface area contributed by atoms with Crippen LogP contribution in [0.3, 0.4) is 0 Å². The van der Waals surface area contributed by atoms with Gasteiger partial charge in [-0.2, -0.15) is 0 Å². The Labute approximate surface area is 120 Å². The quantitative estimate of drug-likeness (QED) is 0.856. The van der Waals surface area contributed by atoms with Gasteiger partial charge >= 0.3 is 6.03 Å². The maximum absolute atomic E-state index is 11.9. The molecule has 1 heterocycles. The Hall–Kier alpha value is -1.63. The predicted octanol–water partition coefficient (Wildman–Crippen LogP) is 1.22. The fraction of sp³-hybridized carbons (Fsp3) is 0.538. The lowest BCUT2D eigenvalue weighted by atomic mass is 10.1. The van der Waals surface area contributed by atoms with E-state index in [0.717, 1.165) is 5.56 Å². The number of hydrogen-bond donors (Lipinski definition) is 1. The van der Waals surface area contributed by atoms with Crippen LogP contribution in [0.2, 0.25) is 0 Å². The highest BCUT2D eigenvalue weighted by Gasteiger charge is 2.17. The number of carbonyl (C=O) groups is 1. The van der Waals surface area contributed by atoms with Crippen LogP contribution in [-0.2, 0) is 9.84 Å². The molecule has 0 saturated heterocycles. The summed E-state index contributed by atoms with van der Waals surface area (Å²) >= 11 is 0. The number of carbonyl (C=O) groups excluding carboxylic acids is 1. The van der Waals surface area contributed by atoms with Gasteiger partial charge in [-0.25, -0.2) is 13.2 Å². The average molecular weight is 299 g/mol. The Kier molecular flexibility index (Phi) is 5.94. The van der Waals surface area contributed by atoms with Crippen LogP contribution >= 0.6 is 0 Å². The van der Waals surface area contributed by atoms with Gasteiger partial charge in [-0.15, -0.1) is 0 Å². The second-order valence-corrected chi connectivity index (χ2v) is 7.01. The summed E-state index contributed by atoms with van der Waals surface area (Å²) in [4.78, 5) is 17.4. The Morgan fingerprint density at radius 1 is 1.40 bits per heavy atom. The lowest BCUT2D eigenvalue weighted by Gasteiger charge is -2.25. The zero-order valence-corrected chi connectivity index (χ0v) is 12.9. The van der Waals surface area contributed by atoms with Crippen LogP contribution in [0.25, 0.3) is 0 Å². The Balaban J connectivity index is 2.51. The highest BCUT2D eigenvalue weighted by molar-refractivity contribution is 7.91. The number of aromatic nitrogens is 1. The summed E-state index contributed by atoms with van der Waals surface area (Å²) < 4.78 is 22.7. The molecule has 20 heavy (non-hydrogen) atoms. The zero-order valence-electron chi connectivity index (χ0n) is 12.0. The third kappa shape index (κ3) is 4.80. The molecule has 2 amide bonds. The maximum atomic E-state index is 11.9. The molecule has 0 aliphatic carbocycles. The summed E-state index contributed by atoms with van der Waals surface area (Å²) in [5.41, 5.74) is 0.971. The van der Waals surface area contributed by atoms with E-state index in [1.165, 1.54) is 4.90 Å². The van der Waals surface area contributed by atoms with E-state index in [9.17, 15) is 13.2 Å². The summed E-state index contributed by atoms with van der Waals surface area (Å²) in [6.07, 6.45) is 3.34. The average Bonchev–Trinajstić information content (AvgIpc) is 2.46. The first-order chi connectivity index (χ1) is 9.37. The van der Waals surface area contributed by atoms with Gasteiger partial charge in [0.05, 0.1) is 11.8 Å². The van der Waals surface area contributed by atoms with Gasteiger partial charge in [-0.1, -0.05) is 6.92 Å². The fourth-order valence-corrected chi connectivity index (χ4v) is 2.33. The molecule has 112 valence electrons. The molecule has 1 atom stereocenters. The number of rotatable bonds is 6. The van der Waals surface area contributed by atoms with Crippen molar-refractivity contribution in [2.45, 2.75) is 19.9 Å². The van der Waals surface area contributed by atoms with E-state index in [1.807, 2.05) is 19.1 Å². The van der Waals surface area contributed by atoms with Gasteiger partial charge in [0.2, 0.25) is 0 Å². The van der Waals surface area contributed by atoms with Gasteiger partial charge in [0.15, 0.2) is 9.84 Å². The zero-order chi connectivity index (χ0) is 15.2. The van der Waals surface area contributed by atoms with Crippen LogP contribution in [0.1, 0.15) is 25.5 Å². The predicted molar refractivity (Wildman–Crippen MR) is 78.1 cm³/mol. The van der Waals surface area contributed by atoms with Gasteiger partial charge in [0, 0.05) is 31.7 Å². The number of nitrogens with one attached hydrogen (secondary N) is 1. The minimum Gasteiger partial charge on any atom is -0.337 e. The van der Waals surface area contributed by atoms with Crippen LogP contribution < -0.4 is 5.32 Å². The highest BCUT2D eigenvalue weighted by atomic mass is 32.2. The summed E-state index contributed by atoms with van der Waals surface area (Å²) in [7, 11) is -1.38. The number of nitrogens with zero attached hydrogens (tertiary/aromatic N) is 2. The molecule has 0 spiro atoms. The highest BCUT2D eigenvalue weighted by Crippen LogP contribution is 2.17. The van der Waals surface area contributed by atoms with E-state index in [2.05, 4.69) is 10.3 Å². The molecular weight excluding hydrogens is 278 g/mol. The Morgan fingerprint density at radius 2 is 2.00 bits per heavy atom. The second kappa shape index (κ2) is 7.23. The molecule has 1 aromatic rings. The lowest BCUT2D eigenvalue weighted by Crippen LogP contribution is -2.40. The molecule has 6 nitrogen and oxygen atoms in total. The van der Waals surface area contributed by atoms with Gasteiger partial charge in [-0.05, 0) is 24.6 Å². The molecule has 0 bridgehead atoms. The Morgan fingerprint density at radius 3 is 2.55 bits per heavy atom. The van der Waals surface area contributed by atoms with Crippen LogP contribution in [0.4, 0.5) is 4.79 Å². The van der Waals surface area contributed by atoms with Crippen molar-refractivity contribution in [1.29, 1.82) is 0 Å². The molecule has 0 aliphatic heterocycles. The summed E-state index contributed by atoms with van der Waals surface area (Å²) in [5.74, 6) is 0.0544. The first-order valence-electron chi connectivity index (χ1n) is 6.48. The molecule has 1 rings (SSSR count). The van der Waals surface area contributed by atoms with Crippen molar-refractivity contribution >= 4 is 15.9 Å². The molecule has 0 radical (unpaired) electrons. The SMILES string of the molecule is CCS(=O)(=O)CCNC(=O)N(C)[C@H](C)c1ccncc1. The number of urea groups is 1. The van der Waals surface area contributed by atoms with Crippen LogP contribution in [0.15, 0.2) is 24.5 Å². The van der Waals surface area contributed by atoms with E-state index < -0.39 is 9.84 Å². The molecule has 7 heteroatoms. The monoisotopic (exact) mass is 299 g/mol. The minimum atomic E-state index is -3.05. The van der Waals surface area contributed by atoms with Crippen molar-refractivity contribution in [2.24, 2.45) is 0 Å². The molecule has 0 fully saturated rings. The van der Waals surface area contributed by atoms with E-state index in [1.54, 1.807) is 26.4 Å². The first-order valence-corrected chi connectivity index (χ1v) is 8.30. The van der Waals surface area contributed by atoms with Crippen molar-refractivity contribution in [3.8, 4) is 0 Å². The number of sulfone groups is 1. The minimum absolute atomic E-state index is 0.0350. The van der Waals surface area contributed by atoms with Crippen molar-refractivity contribution in [3.05, 3.63) is 30.1 Å². The maximum Gasteiger partial charge on any atom is 0.317 e. The van der Waals surface area contributed by atoms with Gasteiger partial charge in [0.25, 0.3) is 0 Å². The van der Waals surface area contributed by atoms with Crippen molar-refractivity contribution in [1.82, 2.24) is 15.2 Å². The molecule has 0 unspecified atom stereocenters. The third-order valence-electron chi connectivity index (χ3n) is 3.22. The van der Waals surface area contributed by atoms with Crippen LogP contribution in [0, 0.1) is 0 Å². The number of hydrogen-bond acceptors (Lipinski definition) is 4. The second-order valence-electron chi connectivity index (χ2n) is 4.54. The largest absolute Gasteiger partial charge is 0.337 e. The van der Waals surface area contributed by atoms with E-state index >= 15 is 0 Å². The van der Waals surface area contributed by atoms with Crippen molar-refractivity contribution in [3.63, 3.8) is 0 Å². The van der Waals surface area contributed by atoms with Crippen molar-refractivity contribution in [2.75, 3.05) is 25.1 Å². The van der Waals surface area contributed by atoms with Crippen molar-refractivity contribution < 1.29 is 13.2 Å². The van der Waals surface area contributed by atoms with E-state index in [0.29, 0.717) is 0 Å². The summed E-state index contributed by atoms with van der Waals surface area (Å²) in [5, 5.41) is 2.62. The molecule has 0 aromatic carbocycles. The van der Waals surface area contributed by atoms with E-state index in [-0.39, 0.29) is 30.1 Å². The normalized spacial score (nSPS) is 12.8. The fourth-order valence-electron chi connectivity index (χ4n) is 1.62. The standard InChI is InChI=1S/C13H21N3O3S/c1-4-20(18,19)10-9-15-13(17)16(3)11(2)12-5-7-14-8-6-12/h5-8,11H,4,9-10H2,1-3H3,(H,15,17)/t11-/m1/s1. The first kappa shape index (κ1) is 16.4. The van der Waals surface area contributed by atoms with Gasteiger partial charge < -0.3 is 10.2 Å². The molecule has 1 aromatic heterocycles. The molecule has 0 saturated carbocycles. The van der Waals surface area contributed by atoms with Crippen LogP contribution in [-0.4, -0.2) is 49.4 Å². The topological polar surface area (TPSA) is 79.4 Å². The molecule has 0 aliphatic rings.